The van der Waals surface area contributed by atoms with Gasteiger partial charge in [-0.2, -0.15) is 0 Å². The highest BCUT2D eigenvalue weighted by atomic mass is 14.7. The molecule has 5 aromatic rings. The molecule has 0 saturated heterocycles. The number of nitrogens with zero attached hydrogens (tertiary/aromatic N) is 4. The Kier molecular flexibility index (Phi) is 12.9. The highest BCUT2D eigenvalue weighted by Gasteiger charge is 2.44. The van der Waals surface area contributed by atoms with Crippen LogP contribution in [0.1, 0.15) is 101 Å². The average molecular weight is 679 g/mol. The van der Waals surface area contributed by atoms with Crippen molar-refractivity contribution in [1.29, 1.82) is 0 Å². The molecule has 0 spiro atoms. The Labute approximate surface area is 312 Å². The monoisotopic (exact) mass is 678 g/mol. The van der Waals surface area contributed by atoms with E-state index in [1.54, 1.807) is 0 Å². The zero-order chi connectivity index (χ0) is 37.0. The lowest BCUT2D eigenvalue weighted by Gasteiger charge is -2.31. The van der Waals surface area contributed by atoms with E-state index < -0.39 is 13.4 Å². The third-order valence-electron chi connectivity index (χ3n) is 8.94. The lowest BCUT2D eigenvalue weighted by atomic mass is 9.39. The molecule has 6 heteroatoms. The van der Waals surface area contributed by atoms with Crippen LogP contribution in [0.3, 0.4) is 0 Å². The Hall–Kier alpha value is -5.81. The fourth-order valence-corrected chi connectivity index (χ4v) is 6.86. The summed E-state index contributed by atoms with van der Waals surface area (Å²) in [6, 6.07) is 40.0. The van der Waals surface area contributed by atoms with Crippen molar-refractivity contribution in [2.24, 2.45) is 0 Å². The minimum Gasteiger partial charge on any atom is -0.0617 e. The fourth-order valence-electron chi connectivity index (χ4n) is 6.86. The van der Waals surface area contributed by atoms with Crippen LogP contribution in [0.2, 0.25) is 0 Å². The van der Waals surface area contributed by atoms with Crippen molar-refractivity contribution in [1.82, 2.24) is 0 Å². The van der Waals surface area contributed by atoms with E-state index in [-0.39, 0.29) is 23.7 Å². The quantitative estimate of drug-likeness (QED) is 0.159. The molecule has 0 aliphatic carbocycles. The highest BCUT2D eigenvalue weighted by molar-refractivity contribution is 6.89. The molecule has 0 heterocycles. The molecule has 5 rings (SSSR count). The van der Waals surface area contributed by atoms with Gasteiger partial charge in [-0.15, -0.1) is 0 Å². The van der Waals surface area contributed by atoms with Gasteiger partial charge in [0.15, 0.2) is 0 Å². The Balaban J connectivity index is 1.92. The van der Waals surface area contributed by atoms with Gasteiger partial charge in [0, 0.05) is 48.5 Å². The third kappa shape index (κ3) is 9.29. The molecule has 0 aromatic heterocycles. The largest absolute Gasteiger partial charge is 0.546 e. The second kappa shape index (κ2) is 17.9. The molecule has 5 aromatic carbocycles. The summed E-state index contributed by atoms with van der Waals surface area (Å²) >= 11 is 0. The van der Waals surface area contributed by atoms with Crippen molar-refractivity contribution in [3.8, 4) is 23.9 Å². The molecule has 0 aliphatic heterocycles. The summed E-state index contributed by atoms with van der Waals surface area (Å²) in [5.74, 6) is 14.8. The van der Waals surface area contributed by atoms with E-state index in [4.69, 9.17) is 19.4 Å². The first-order chi connectivity index (χ1) is 25.2. The second-order valence-corrected chi connectivity index (χ2v) is 14.3. The molecule has 0 saturated carbocycles. The Morgan fingerprint density at radius 2 is 0.519 bits per heavy atom. The van der Waals surface area contributed by atoms with Gasteiger partial charge in [0.25, 0.3) is 0 Å². The maximum absolute atomic E-state index is 4.90. The maximum atomic E-state index is 4.90. The van der Waals surface area contributed by atoms with E-state index in [0.29, 0.717) is 0 Å². The van der Waals surface area contributed by atoms with Crippen LogP contribution in [-0.4, -0.2) is 13.4 Å². The van der Waals surface area contributed by atoms with Crippen LogP contribution in [0.5, 0.6) is 0 Å². The van der Waals surface area contributed by atoms with Crippen molar-refractivity contribution in [3.63, 3.8) is 0 Å². The molecule has 52 heavy (non-hydrogen) atoms. The minimum atomic E-state index is -0.429. The Bertz CT molecular complexity index is 1900. The van der Waals surface area contributed by atoms with Crippen LogP contribution in [0.4, 0.5) is 22.7 Å². The number of para-hydroxylation sites is 4. The molecular formula is C46H48B2N4+4. The molecule has 0 atom stereocenters. The standard InChI is InChI=1S/C46H48B2N4/c1-33(2)41-42(34(3)4)46(48(31-51-39-25-17-11-18-26-39)32-52-40-27-19-12-20-28-40)44(36(7)8)43(35(5)6)45(41)47(29-49-37-21-13-9-14-22-37)30-50-38-23-15-10-16-24-38/h9-28,33-36H,1-8H3/q+4. The molecule has 0 aliphatic rings. The lowest BCUT2D eigenvalue weighted by Crippen LogP contribution is -2.46. The zero-order valence-electron chi connectivity index (χ0n) is 31.8. The van der Waals surface area contributed by atoms with Crippen LogP contribution in [0.15, 0.2) is 121 Å². The lowest BCUT2D eigenvalue weighted by molar-refractivity contribution is 0.764. The number of benzene rings is 5. The number of rotatable bonds is 6. The SMILES string of the molecule is CC(C)c1c(B(C#[N+]c2ccccc2)C#[N+]c2ccccc2)c(C(C)C)c(C(C)C)c(B(C#[N+]c2ccccc2)C#[N+]c2ccccc2)c1C(C)C. The van der Waals surface area contributed by atoms with Crippen LogP contribution < -0.4 is 10.9 Å². The van der Waals surface area contributed by atoms with E-state index in [9.17, 15) is 0 Å². The van der Waals surface area contributed by atoms with Crippen LogP contribution >= 0.6 is 0 Å². The molecule has 0 N–H and O–H groups in total. The molecule has 4 nitrogen and oxygen atoms in total. The molecule has 0 amide bonds. The van der Waals surface area contributed by atoms with Gasteiger partial charge in [0.2, 0.25) is 23.9 Å². The average Bonchev–Trinajstić information content (AvgIpc) is 3.15. The summed E-state index contributed by atoms with van der Waals surface area (Å²) in [7, 11) is 0. The maximum Gasteiger partial charge on any atom is 0.546 e. The summed E-state index contributed by atoms with van der Waals surface area (Å²) in [5.41, 5.74) is 10.8. The van der Waals surface area contributed by atoms with E-state index in [1.165, 1.54) is 33.2 Å². The topological polar surface area (TPSA) is 17.4 Å². The fraction of sp³-hybridized carbons (Fsp3) is 0.261. The van der Waals surface area contributed by atoms with Crippen molar-refractivity contribution in [2.75, 3.05) is 0 Å². The molecule has 0 radical (unpaired) electrons. The van der Waals surface area contributed by atoms with E-state index in [0.717, 1.165) is 22.7 Å². The smallest absolute Gasteiger partial charge is 0.0617 e. The number of hydrogen-bond acceptors (Lipinski definition) is 0. The van der Waals surface area contributed by atoms with Crippen LogP contribution in [0, 0.1) is 23.9 Å². The first kappa shape index (κ1) is 37.4. The van der Waals surface area contributed by atoms with Crippen molar-refractivity contribution < 1.29 is 0 Å². The minimum absolute atomic E-state index is 0.169. The van der Waals surface area contributed by atoms with Crippen molar-refractivity contribution in [2.45, 2.75) is 79.1 Å². The molecular weight excluding hydrogens is 630 g/mol. The van der Waals surface area contributed by atoms with E-state index >= 15 is 0 Å². The summed E-state index contributed by atoms with van der Waals surface area (Å²) in [5, 5.41) is 0. The van der Waals surface area contributed by atoms with Crippen LogP contribution in [-0.2, 0) is 0 Å². The normalized spacial score (nSPS) is 10.4. The summed E-state index contributed by atoms with van der Waals surface area (Å²) in [4.78, 5) is 19.6. The van der Waals surface area contributed by atoms with Crippen LogP contribution in [0.25, 0.3) is 19.4 Å². The zero-order valence-corrected chi connectivity index (χ0v) is 31.8. The summed E-state index contributed by atoms with van der Waals surface area (Å²) < 4.78 is 0. The van der Waals surface area contributed by atoms with Gasteiger partial charge in [-0.25, -0.2) is 0 Å². The van der Waals surface area contributed by atoms with Gasteiger partial charge < -0.3 is 0 Å². The van der Waals surface area contributed by atoms with Crippen molar-refractivity contribution >= 4 is 47.1 Å². The third-order valence-corrected chi connectivity index (χ3v) is 8.94. The van der Waals surface area contributed by atoms with Gasteiger partial charge in [0.05, 0.1) is 0 Å². The van der Waals surface area contributed by atoms with Gasteiger partial charge in [-0.05, 0) is 76.2 Å². The number of hydrogen-bond donors (Lipinski definition) is 0. The first-order valence-electron chi connectivity index (χ1n) is 18.4. The Morgan fingerprint density at radius 3 is 0.692 bits per heavy atom. The molecule has 254 valence electrons. The molecule has 0 fully saturated rings. The van der Waals surface area contributed by atoms with Gasteiger partial charge >= 0.3 is 36.2 Å². The van der Waals surface area contributed by atoms with E-state index in [2.05, 4.69) is 79.3 Å². The summed E-state index contributed by atoms with van der Waals surface area (Å²) in [6.07, 6.45) is 0. The predicted octanol–water partition coefficient (Wildman–Crippen LogP) is 12.4. The summed E-state index contributed by atoms with van der Waals surface area (Å²) in [6.45, 7) is 17.4. The van der Waals surface area contributed by atoms with Gasteiger partial charge in [-0.3, -0.25) is 0 Å². The first-order valence-corrected chi connectivity index (χ1v) is 18.4. The Morgan fingerprint density at radius 1 is 0.327 bits per heavy atom. The van der Waals surface area contributed by atoms with Gasteiger partial charge in [-0.1, -0.05) is 128 Å². The second-order valence-electron chi connectivity index (χ2n) is 14.3. The van der Waals surface area contributed by atoms with Gasteiger partial charge in [0.1, 0.15) is 0 Å². The van der Waals surface area contributed by atoms with E-state index in [1.807, 2.05) is 121 Å². The van der Waals surface area contributed by atoms with Crippen molar-refractivity contribution in [3.05, 3.63) is 163 Å². The predicted molar refractivity (Wildman–Crippen MR) is 227 cm³/mol. The highest BCUT2D eigenvalue weighted by Crippen LogP contribution is 2.34. The molecule has 0 bridgehead atoms. The molecule has 0 unspecified atom stereocenters.